The average Bonchev–Trinajstić information content (AvgIpc) is 2.88. The fourth-order valence-electron chi connectivity index (χ4n) is 4.37. The Morgan fingerprint density at radius 1 is 0.594 bits per heavy atom. The molecular weight excluding hydrogens is 390 g/mol. The fraction of sp³-hybridized carbons (Fsp3) is 0.100. The zero-order valence-corrected chi connectivity index (χ0v) is 18.1. The smallest absolute Gasteiger partial charge is 0.144 e. The van der Waals surface area contributed by atoms with Gasteiger partial charge in [0.25, 0.3) is 0 Å². The van der Waals surface area contributed by atoms with Crippen LogP contribution >= 0.6 is 0 Å². The molecule has 0 radical (unpaired) electrons. The van der Waals surface area contributed by atoms with Crippen molar-refractivity contribution in [3.8, 4) is 0 Å². The lowest BCUT2D eigenvalue weighted by molar-refractivity contribution is -0.0420. The van der Waals surface area contributed by atoms with Crippen LogP contribution in [0.25, 0.3) is 10.8 Å². The quantitative estimate of drug-likeness (QED) is 0.271. The zero-order chi connectivity index (χ0) is 21.8. The molecule has 5 rings (SSSR count). The summed E-state index contributed by atoms with van der Waals surface area (Å²) in [4.78, 5) is 4.75. The molecule has 0 aliphatic heterocycles. The lowest BCUT2D eigenvalue weighted by Crippen LogP contribution is -2.34. The van der Waals surface area contributed by atoms with E-state index in [9.17, 15) is 0 Å². The molecule has 1 aromatic heterocycles. The number of fused-ring (bicyclic) bond motifs is 1. The first-order chi connectivity index (χ1) is 15.8. The van der Waals surface area contributed by atoms with Crippen molar-refractivity contribution in [1.82, 2.24) is 4.98 Å². The lowest BCUT2D eigenvalue weighted by atomic mass is 9.80. The van der Waals surface area contributed by atoms with Crippen molar-refractivity contribution in [3.63, 3.8) is 0 Å². The molecule has 0 saturated carbocycles. The van der Waals surface area contributed by atoms with Crippen LogP contribution in [0.15, 0.2) is 128 Å². The van der Waals surface area contributed by atoms with E-state index in [1.165, 1.54) is 0 Å². The van der Waals surface area contributed by atoms with Crippen LogP contribution in [0.5, 0.6) is 0 Å². The first-order valence-electron chi connectivity index (χ1n) is 11.0. The summed E-state index contributed by atoms with van der Waals surface area (Å²) in [5.41, 5.74) is 3.41. The molecule has 2 heteroatoms. The average molecular weight is 416 g/mol. The number of ether oxygens (including phenoxy) is 1. The first-order valence-corrected chi connectivity index (χ1v) is 11.0. The van der Waals surface area contributed by atoms with Crippen LogP contribution in [0.4, 0.5) is 0 Å². The minimum atomic E-state index is -0.767. The summed E-state index contributed by atoms with van der Waals surface area (Å²) < 4.78 is 7.07. The van der Waals surface area contributed by atoms with Gasteiger partial charge in [0, 0.05) is 11.6 Å². The molecule has 1 atom stereocenters. The summed E-state index contributed by atoms with van der Waals surface area (Å²) in [5, 5.41) is 2.29. The summed E-state index contributed by atoms with van der Waals surface area (Å²) in [6.07, 6.45) is 1.69. The Balaban J connectivity index is 1.68. The minimum Gasteiger partial charge on any atom is -0.352 e. The Labute approximate surface area is 189 Å². The molecule has 0 spiro atoms. The van der Waals surface area contributed by atoms with Crippen molar-refractivity contribution in [2.24, 2.45) is 0 Å². The van der Waals surface area contributed by atoms with Gasteiger partial charge in [-0.05, 0) is 35.1 Å². The summed E-state index contributed by atoms with van der Waals surface area (Å²) in [6.45, 7) is 2.08. The van der Waals surface area contributed by atoms with Crippen LogP contribution in [-0.4, -0.2) is 4.98 Å². The maximum absolute atomic E-state index is 7.07. The molecule has 2 nitrogen and oxygen atoms in total. The molecule has 0 amide bonds. The van der Waals surface area contributed by atoms with Crippen LogP contribution in [0.2, 0.25) is 0 Å². The number of benzene rings is 4. The molecule has 0 bridgehead atoms. The fourth-order valence-corrected chi connectivity index (χ4v) is 4.37. The van der Waals surface area contributed by atoms with Gasteiger partial charge in [0.1, 0.15) is 5.60 Å². The molecule has 156 valence electrons. The van der Waals surface area contributed by atoms with Crippen molar-refractivity contribution in [3.05, 3.63) is 150 Å². The summed E-state index contributed by atoms with van der Waals surface area (Å²) in [5.74, 6) is 0. The molecule has 0 fully saturated rings. The van der Waals surface area contributed by atoms with Crippen molar-refractivity contribution in [2.45, 2.75) is 18.6 Å². The van der Waals surface area contributed by atoms with Crippen molar-refractivity contribution >= 4 is 10.8 Å². The van der Waals surface area contributed by atoms with Gasteiger partial charge < -0.3 is 4.74 Å². The number of rotatable bonds is 6. The van der Waals surface area contributed by atoms with Crippen molar-refractivity contribution in [2.75, 3.05) is 0 Å². The normalized spacial score (nSPS) is 12.5. The van der Waals surface area contributed by atoms with Crippen LogP contribution in [0, 0.1) is 0 Å². The monoisotopic (exact) mass is 415 g/mol. The summed E-state index contributed by atoms with van der Waals surface area (Å²) in [6, 6.07) is 41.8. The van der Waals surface area contributed by atoms with Crippen LogP contribution in [0.1, 0.15) is 35.4 Å². The molecule has 0 saturated heterocycles. The molecule has 0 N–H and O–H groups in total. The van der Waals surface area contributed by atoms with Gasteiger partial charge >= 0.3 is 0 Å². The SMILES string of the molecule is C[C@H](OC(c1ccccc1)(c1ccccc1)c1ccccc1)c1cc2ccccc2cn1. The number of pyridine rings is 1. The van der Waals surface area contributed by atoms with E-state index in [2.05, 4.69) is 104 Å². The third-order valence-electron chi connectivity index (χ3n) is 5.96. The maximum atomic E-state index is 7.07. The summed E-state index contributed by atoms with van der Waals surface area (Å²) in [7, 11) is 0. The Kier molecular flexibility index (Phi) is 5.53. The Morgan fingerprint density at radius 3 is 1.53 bits per heavy atom. The number of aromatic nitrogens is 1. The number of hydrogen-bond acceptors (Lipinski definition) is 2. The van der Waals surface area contributed by atoms with Gasteiger partial charge in [-0.2, -0.15) is 0 Å². The Hall–Kier alpha value is -3.75. The second-order valence-electron chi connectivity index (χ2n) is 8.00. The predicted molar refractivity (Wildman–Crippen MR) is 130 cm³/mol. The Morgan fingerprint density at radius 2 is 1.03 bits per heavy atom. The molecule has 0 aliphatic rings. The second kappa shape index (κ2) is 8.78. The standard InChI is InChI=1S/C30H25NO/c1-23(29-21-24-13-11-12-14-25(24)22-31-29)32-30(26-15-5-2-6-16-26,27-17-7-3-8-18-27)28-19-9-4-10-20-28/h2-23H,1H3/t23-/m0/s1. The molecule has 4 aromatic carbocycles. The lowest BCUT2D eigenvalue weighted by Gasteiger charge is -2.38. The van der Waals surface area contributed by atoms with Gasteiger partial charge in [-0.1, -0.05) is 115 Å². The van der Waals surface area contributed by atoms with Gasteiger partial charge in [0.15, 0.2) is 0 Å². The van der Waals surface area contributed by atoms with E-state index in [0.29, 0.717) is 0 Å². The van der Waals surface area contributed by atoms with Gasteiger partial charge in [-0.3, -0.25) is 4.98 Å². The van der Waals surface area contributed by atoms with Crippen molar-refractivity contribution < 1.29 is 4.74 Å². The maximum Gasteiger partial charge on any atom is 0.144 e. The third-order valence-corrected chi connectivity index (χ3v) is 5.96. The number of nitrogens with zero attached hydrogens (tertiary/aromatic N) is 1. The molecule has 0 aliphatic carbocycles. The van der Waals surface area contributed by atoms with E-state index < -0.39 is 5.60 Å². The highest BCUT2D eigenvalue weighted by atomic mass is 16.5. The first kappa shape index (κ1) is 20.2. The highest BCUT2D eigenvalue weighted by Gasteiger charge is 2.39. The van der Waals surface area contributed by atoms with Crippen LogP contribution in [-0.2, 0) is 10.3 Å². The molecule has 5 aromatic rings. The molecule has 32 heavy (non-hydrogen) atoms. The largest absolute Gasteiger partial charge is 0.352 e. The van der Waals surface area contributed by atoms with Gasteiger partial charge in [0.2, 0.25) is 0 Å². The van der Waals surface area contributed by atoms with E-state index in [4.69, 9.17) is 9.72 Å². The second-order valence-corrected chi connectivity index (χ2v) is 8.00. The van der Waals surface area contributed by atoms with Crippen molar-refractivity contribution in [1.29, 1.82) is 0 Å². The van der Waals surface area contributed by atoms with Crippen LogP contribution in [0.3, 0.4) is 0 Å². The third kappa shape index (κ3) is 3.70. The van der Waals surface area contributed by atoms with E-state index in [-0.39, 0.29) is 6.10 Å². The van der Waals surface area contributed by atoms with Crippen LogP contribution < -0.4 is 0 Å². The number of hydrogen-bond donors (Lipinski definition) is 0. The van der Waals surface area contributed by atoms with E-state index >= 15 is 0 Å². The predicted octanol–water partition coefficient (Wildman–Crippen LogP) is 7.30. The Bertz CT molecular complexity index is 1200. The minimum absolute atomic E-state index is 0.236. The summed E-state index contributed by atoms with van der Waals surface area (Å²) >= 11 is 0. The van der Waals surface area contributed by atoms with E-state index in [1.807, 2.05) is 30.5 Å². The van der Waals surface area contributed by atoms with E-state index in [1.54, 1.807) is 0 Å². The molecular formula is C30H25NO. The molecule has 1 heterocycles. The molecule has 0 unspecified atom stereocenters. The van der Waals surface area contributed by atoms with Gasteiger partial charge in [0.05, 0.1) is 11.8 Å². The van der Waals surface area contributed by atoms with Gasteiger partial charge in [-0.15, -0.1) is 0 Å². The zero-order valence-electron chi connectivity index (χ0n) is 18.1. The highest BCUT2D eigenvalue weighted by Crippen LogP contribution is 2.43. The topological polar surface area (TPSA) is 22.1 Å². The highest BCUT2D eigenvalue weighted by molar-refractivity contribution is 5.81. The van der Waals surface area contributed by atoms with Gasteiger partial charge in [-0.25, -0.2) is 0 Å². The van der Waals surface area contributed by atoms with E-state index in [0.717, 1.165) is 33.2 Å².